The smallest absolute Gasteiger partial charge is 0.162 e. The summed E-state index contributed by atoms with van der Waals surface area (Å²) in [6.45, 7) is 4.72. The molecule has 4 heteroatoms. The highest BCUT2D eigenvalue weighted by molar-refractivity contribution is 5.77. The fourth-order valence-corrected chi connectivity index (χ4v) is 1.59. The summed E-state index contributed by atoms with van der Waals surface area (Å²) in [6, 6.07) is 7.14. The molecule has 0 aliphatic carbocycles. The minimum atomic E-state index is 0.244. The molecule has 0 heterocycles. The predicted molar refractivity (Wildman–Crippen MR) is 72.4 cm³/mol. The summed E-state index contributed by atoms with van der Waals surface area (Å²) in [4.78, 5) is 11.2. The summed E-state index contributed by atoms with van der Waals surface area (Å²) >= 11 is 0. The van der Waals surface area contributed by atoms with E-state index in [1.165, 1.54) is 0 Å². The van der Waals surface area contributed by atoms with Crippen molar-refractivity contribution >= 4 is 5.78 Å². The zero-order valence-electron chi connectivity index (χ0n) is 11.4. The van der Waals surface area contributed by atoms with Crippen molar-refractivity contribution in [3.8, 4) is 17.6 Å². The van der Waals surface area contributed by atoms with E-state index < -0.39 is 0 Å². The Kier molecular flexibility index (Phi) is 6.45. The normalized spacial score (nSPS) is 9.74. The van der Waals surface area contributed by atoms with Crippen molar-refractivity contribution in [3.05, 3.63) is 23.8 Å². The first kappa shape index (κ1) is 15.0. The van der Waals surface area contributed by atoms with Crippen LogP contribution in [0, 0.1) is 11.3 Å². The predicted octanol–water partition coefficient (Wildman–Crippen LogP) is 3.10. The van der Waals surface area contributed by atoms with Crippen molar-refractivity contribution in [2.45, 2.75) is 33.1 Å². The van der Waals surface area contributed by atoms with Gasteiger partial charge >= 0.3 is 0 Å². The van der Waals surface area contributed by atoms with Crippen LogP contribution in [0.1, 0.15) is 38.7 Å². The molecule has 0 aliphatic rings. The molecule has 0 amide bonds. The van der Waals surface area contributed by atoms with Gasteiger partial charge in [0, 0.05) is 18.9 Å². The maximum Gasteiger partial charge on any atom is 0.162 e. The molecule has 19 heavy (non-hydrogen) atoms. The number of hydrogen-bond acceptors (Lipinski definition) is 4. The van der Waals surface area contributed by atoms with Gasteiger partial charge in [0.25, 0.3) is 0 Å². The number of carbonyl (C=O) groups is 1. The Morgan fingerprint density at radius 1 is 1.26 bits per heavy atom. The molecule has 0 fully saturated rings. The molecule has 0 radical (unpaired) electrons. The summed E-state index contributed by atoms with van der Waals surface area (Å²) < 4.78 is 11.0. The lowest BCUT2D eigenvalue weighted by molar-refractivity contribution is -0.118. The van der Waals surface area contributed by atoms with Gasteiger partial charge in [0.05, 0.1) is 24.8 Å². The number of rotatable bonds is 8. The number of hydrogen-bond donors (Lipinski definition) is 0. The van der Waals surface area contributed by atoms with Crippen LogP contribution in [0.5, 0.6) is 11.5 Å². The lowest BCUT2D eigenvalue weighted by atomic mass is 10.2. The van der Waals surface area contributed by atoms with Crippen LogP contribution in [0.4, 0.5) is 0 Å². The third kappa shape index (κ3) is 5.01. The Bertz CT molecular complexity index is 463. The number of ether oxygens (including phenoxy) is 2. The lowest BCUT2D eigenvalue weighted by Gasteiger charge is -2.11. The van der Waals surface area contributed by atoms with E-state index in [2.05, 4.69) is 6.07 Å². The van der Waals surface area contributed by atoms with E-state index in [0.29, 0.717) is 49.5 Å². The van der Waals surface area contributed by atoms with Gasteiger partial charge in [-0.1, -0.05) is 6.92 Å². The molecule has 1 rings (SSSR count). The van der Waals surface area contributed by atoms with E-state index in [0.717, 1.165) is 0 Å². The second-order valence-corrected chi connectivity index (χ2v) is 4.05. The Labute approximate surface area is 113 Å². The Balaban J connectivity index is 2.57. The molecular weight excluding hydrogens is 242 g/mol. The molecule has 0 unspecified atom stereocenters. The Morgan fingerprint density at radius 3 is 2.68 bits per heavy atom. The van der Waals surface area contributed by atoms with Gasteiger partial charge in [-0.05, 0) is 25.5 Å². The second kappa shape index (κ2) is 8.15. The zero-order chi connectivity index (χ0) is 14.1. The number of ketones is 1. The Morgan fingerprint density at radius 2 is 2.05 bits per heavy atom. The first-order valence-corrected chi connectivity index (χ1v) is 6.52. The van der Waals surface area contributed by atoms with Crippen LogP contribution in [0.2, 0.25) is 0 Å². The third-order valence-corrected chi connectivity index (χ3v) is 2.62. The fraction of sp³-hybridized carbons (Fsp3) is 0.467. The van der Waals surface area contributed by atoms with Crippen molar-refractivity contribution in [1.29, 1.82) is 5.26 Å². The minimum absolute atomic E-state index is 0.244. The van der Waals surface area contributed by atoms with Gasteiger partial charge in [-0.3, -0.25) is 4.79 Å². The molecule has 1 aromatic carbocycles. The number of Topliss-reactive ketones (excluding diaryl/α,β-unsaturated/α-hetero) is 1. The zero-order valence-corrected chi connectivity index (χ0v) is 11.4. The molecule has 102 valence electrons. The average Bonchev–Trinajstić information content (AvgIpc) is 2.44. The van der Waals surface area contributed by atoms with E-state index in [9.17, 15) is 4.79 Å². The van der Waals surface area contributed by atoms with Gasteiger partial charge in [-0.25, -0.2) is 0 Å². The largest absolute Gasteiger partial charge is 0.490 e. The fourth-order valence-electron chi connectivity index (χ4n) is 1.59. The second-order valence-electron chi connectivity index (χ2n) is 4.05. The first-order chi connectivity index (χ1) is 9.21. The number of carbonyl (C=O) groups excluding carboxylic acids is 1. The van der Waals surface area contributed by atoms with Crippen molar-refractivity contribution < 1.29 is 14.3 Å². The Hall–Kier alpha value is -2.02. The average molecular weight is 261 g/mol. The molecular formula is C15H19NO3. The van der Waals surface area contributed by atoms with Crippen molar-refractivity contribution in [2.24, 2.45) is 0 Å². The molecule has 0 aromatic heterocycles. The van der Waals surface area contributed by atoms with Crippen molar-refractivity contribution in [2.75, 3.05) is 13.2 Å². The molecule has 4 nitrogen and oxygen atoms in total. The number of benzene rings is 1. The van der Waals surface area contributed by atoms with E-state index in [4.69, 9.17) is 14.7 Å². The molecule has 0 spiro atoms. The molecule has 0 atom stereocenters. The van der Waals surface area contributed by atoms with Gasteiger partial charge < -0.3 is 9.47 Å². The van der Waals surface area contributed by atoms with E-state index >= 15 is 0 Å². The summed E-state index contributed by atoms with van der Waals surface area (Å²) in [5.74, 6) is 1.43. The van der Waals surface area contributed by atoms with Crippen LogP contribution < -0.4 is 9.47 Å². The third-order valence-electron chi connectivity index (χ3n) is 2.62. The van der Waals surface area contributed by atoms with Crippen molar-refractivity contribution in [1.82, 2.24) is 0 Å². The van der Waals surface area contributed by atoms with Gasteiger partial charge in [0.1, 0.15) is 5.78 Å². The minimum Gasteiger partial charge on any atom is -0.490 e. The lowest BCUT2D eigenvalue weighted by Crippen LogP contribution is -2.04. The van der Waals surface area contributed by atoms with Crippen LogP contribution in [0.3, 0.4) is 0 Å². The van der Waals surface area contributed by atoms with Gasteiger partial charge in [-0.15, -0.1) is 0 Å². The van der Waals surface area contributed by atoms with Gasteiger partial charge in [-0.2, -0.15) is 5.26 Å². The summed E-state index contributed by atoms with van der Waals surface area (Å²) in [5.41, 5.74) is 0.539. The number of nitrogens with zero attached hydrogens (tertiary/aromatic N) is 1. The highest BCUT2D eigenvalue weighted by atomic mass is 16.5. The summed E-state index contributed by atoms with van der Waals surface area (Å²) in [6.07, 6.45) is 1.80. The van der Waals surface area contributed by atoms with Crippen LogP contribution in [0.15, 0.2) is 18.2 Å². The van der Waals surface area contributed by atoms with E-state index in [1.54, 1.807) is 18.2 Å². The molecule has 1 aromatic rings. The molecule has 0 bridgehead atoms. The van der Waals surface area contributed by atoms with Crippen LogP contribution in [-0.2, 0) is 4.79 Å². The van der Waals surface area contributed by atoms with Gasteiger partial charge in [0.15, 0.2) is 11.5 Å². The van der Waals surface area contributed by atoms with E-state index in [-0.39, 0.29) is 5.78 Å². The standard InChI is InChI=1S/C15H19NO3/c1-3-13(17)6-5-9-19-14-8-7-12(11-16)10-15(14)18-4-2/h7-8,10H,3-6,9H2,1-2H3. The maximum atomic E-state index is 11.2. The highest BCUT2D eigenvalue weighted by Crippen LogP contribution is 2.28. The molecule has 0 aliphatic heterocycles. The SMILES string of the molecule is CCOc1cc(C#N)ccc1OCCCC(=O)CC. The molecule has 0 saturated heterocycles. The van der Waals surface area contributed by atoms with Crippen molar-refractivity contribution in [3.63, 3.8) is 0 Å². The van der Waals surface area contributed by atoms with Crippen LogP contribution in [0.25, 0.3) is 0 Å². The highest BCUT2D eigenvalue weighted by Gasteiger charge is 2.07. The molecule has 0 saturated carbocycles. The molecule has 0 N–H and O–H groups in total. The quantitative estimate of drug-likeness (QED) is 0.675. The first-order valence-electron chi connectivity index (χ1n) is 6.52. The summed E-state index contributed by atoms with van der Waals surface area (Å²) in [7, 11) is 0. The van der Waals surface area contributed by atoms with Gasteiger partial charge in [0.2, 0.25) is 0 Å². The van der Waals surface area contributed by atoms with Crippen LogP contribution in [-0.4, -0.2) is 19.0 Å². The monoisotopic (exact) mass is 261 g/mol. The number of nitriles is 1. The topological polar surface area (TPSA) is 59.3 Å². The summed E-state index contributed by atoms with van der Waals surface area (Å²) in [5, 5.41) is 8.84. The van der Waals surface area contributed by atoms with E-state index in [1.807, 2.05) is 13.8 Å². The maximum absolute atomic E-state index is 11.2. The van der Waals surface area contributed by atoms with Crippen LogP contribution >= 0.6 is 0 Å².